The Labute approximate surface area is 166 Å². The second-order valence-electron chi connectivity index (χ2n) is 6.06. The highest BCUT2D eigenvalue weighted by molar-refractivity contribution is 5.61. The van der Waals surface area contributed by atoms with Gasteiger partial charge in [0.05, 0.1) is 38.7 Å². The highest BCUT2D eigenvalue weighted by Crippen LogP contribution is 2.29. The van der Waals surface area contributed by atoms with Crippen LogP contribution in [-0.2, 0) is 14.2 Å². The van der Waals surface area contributed by atoms with Gasteiger partial charge in [-0.15, -0.1) is 0 Å². The predicted molar refractivity (Wildman–Crippen MR) is 110 cm³/mol. The van der Waals surface area contributed by atoms with Crippen LogP contribution in [0.3, 0.4) is 0 Å². The van der Waals surface area contributed by atoms with Gasteiger partial charge >= 0.3 is 0 Å². The molecular formula is C21H30N2O5. The summed E-state index contributed by atoms with van der Waals surface area (Å²) < 4.78 is 27.6. The summed E-state index contributed by atoms with van der Waals surface area (Å²) >= 11 is 0. The van der Waals surface area contributed by atoms with Crippen LogP contribution in [0, 0.1) is 0 Å². The van der Waals surface area contributed by atoms with Crippen molar-refractivity contribution < 1.29 is 23.7 Å². The normalized spacial score (nSPS) is 10.8. The summed E-state index contributed by atoms with van der Waals surface area (Å²) in [5.74, 6) is 1.97. The van der Waals surface area contributed by atoms with Gasteiger partial charge in [-0.25, -0.2) is 0 Å². The summed E-state index contributed by atoms with van der Waals surface area (Å²) in [6, 6.07) is 12.5. The molecule has 0 aliphatic heterocycles. The van der Waals surface area contributed by atoms with Crippen molar-refractivity contribution >= 4 is 11.4 Å². The molecule has 0 aromatic heterocycles. The summed E-state index contributed by atoms with van der Waals surface area (Å²) in [4.78, 5) is 0. The summed E-state index contributed by atoms with van der Waals surface area (Å²) in [5, 5.41) is 0. The van der Waals surface area contributed by atoms with Gasteiger partial charge in [0, 0.05) is 12.3 Å². The van der Waals surface area contributed by atoms with Crippen molar-refractivity contribution in [3.8, 4) is 17.2 Å². The molecule has 0 bridgehead atoms. The van der Waals surface area contributed by atoms with Crippen LogP contribution in [0.2, 0.25) is 0 Å². The first-order valence-electron chi connectivity index (χ1n) is 9.48. The van der Waals surface area contributed by atoms with Crippen molar-refractivity contribution in [2.24, 2.45) is 0 Å². The zero-order chi connectivity index (χ0) is 20.0. The average Bonchev–Trinajstić information content (AvgIpc) is 2.69. The molecular weight excluding hydrogens is 360 g/mol. The van der Waals surface area contributed by atoms with Gasteiger partial charge in [-0.05, 0) is 48.9 Å². The van der Waals surface area contributed by atoms with E-state index in [1.165, 1.54) is 0 Å². The lowest BCUT2D eigenvalue weighted by Crippen LogP contribution is -2.12. The zero-order valence-corrected chi connectivity index (χ0v) is 16.4. The van der Waals surface area contributed by atoms with Crippen molar-refractivity contribution in [1.82, 2.24) is 0 Å². The molecule has 2 aromatic carbocycles. The van der Waals surface area contributed by atoms with E-state index >= 15 is 0 Å². The van der Waals surface area contributed by atoms with E-state index < -0.39 is 0 Å². The Hall–Kier alpha value is -2.48. The Morgan fingerprint density at radius 2 is 1.25 bits per heavy atom. The first-order valence-corrected chi connectivity index (χ1v) is 9.48. The first kappa shape index (κ1) is 21.8. The molecule has 7 heteroatoms. The number of ether oxygens (including phenoxy) is 5. The summed E-state index contributed by atoms with van der Waals surface area (Å²) in [5.41, 5.74) is 12.7. The molecule has 0 atom stereocenters. The van der Waals surface area contributed by atoms with Gasteiger partial charge in [0.1, 0.15) is 23.9 Å². The standard InChI is InChI=1S/C21H30N2O5/c1-2-9-24-10-11-25-12-13-26-14-15-27-18-4-6-19(7-5-18)28-21-8-3-17(22)16-20(21)23/h3-8,16H,2,9-15,22-23H2,1H3. The highest BCUT2D eigenvalue weighted by Gasteiger charge is 2.03. The molecule has 7 nitrogen and oxygen atoms in total. The number of hydrogen-bond acceptors (Lipinski definition) is 7. The molecule has 2 rings (SSSR count). The number of hydrogen-bond donors (Lipinski definition) is 2. The highest BCUT2D eigenvalue weighted by atomic mass is 16.6. The monoisotopic (exact) mass is 390 g/mol. The minimum Gasteiger partial charge on any atom is -0.491 e. The van der Waals surface area contributed by atoms with Crippen LogP contribution in [0.15, 0.2) is 42.5 Å². The first-order chi connectivity index (χ1) is 13.7. The topological polar surface area (TPSA) is 98.2 Å². The lowest BCUT2D eigenvalue weighted by atomic mass is 10.2. The van der Waals surface area contributed by atoms with E-state index in [0.29, 0.717) is 62.5 Å². The molecule has 0 fully saturated rings. The van der Waals surface area contributed by atoms with Crippen molar-refractivity contribution in [3.63, 3.8) is 0 Å². The number of anilines is 2. The van der Waals surface area contributed by atoms with Crippen molar-refractivity contribution in [2.75, 3.05) is 57.7 Å². The van der Waals surface area contributed by atoms with Gasteiger partial charge < -0.3 is 35.2 Å². The Bertz CT molecular complexity index is 679. The van der Waals surface area contributed by atoms with Crippen LogP contribution in [0.1, 0.15) is 13.3 Å². The minimum atomic E-state index is 0.463. The van der Waals surface area contributed by atoms with E-state index in [-0.39, 0.29) is 0 Å². The van der Waals surface area contributed by atoms with E-state index in [4.69, 9.17) is 35.2 Å². The second kappa shape index (κ2) is 12.8. The molecule has 2 aromatic rings. The van der Waals surface area contributed by atoms with Gasteiger partial charge in [-0.2, -0.15) is 0 Å². The Kier molecular flexibility index (Phi) is 9.99. The van der Waals surface area contributed by atoms with E-state index in [1.54, 1.807) is 18.2 Å². The predicted octanol–water partition coefficient (Wildman–Crippen LogP) is 3.48. The molecule has 28 heavy (non-hydrogen) atoms. The van der Waals surface area contributed by atoms with Gasteiger partial charge in [0.2, 0.25) is 0 Å². The van der Waals surface area contributed by atoms with E-state index in [2.05, 4.69) is 6.92 Å². The number of rotatable bonds is 14. The fourth-order valence-electron chi connectivity index (χ4n) is 2.30. The van der Waals surface area contributed by atoms with Crippen molar-refractivity contribution in [1.29, 1.82) is 0 Å². The molecule has 0 aliphatic rings. The van der Waals surface area contributed by atoms with Crippen LogP contribution in [-0.4, -0.2) is 46.2 Å². The Balaban J connectivity index is 1.56. The van der Waals surface area contributed by atoms with Crippen LogP contribution < -0.4 is 20.9 Å². The van der Waals surface area contributed by atoms with Gasteiger partial charge in [0.15, 0.2) is 0 Å². The van der Waals surface area contributed by atoms with Gasteiger partial charge in [0.25, 0.3) is 0 Å². The summed E-state index contributed by atoms with van der Waals surface area (Å²) in [7, 11) is 0. The number of nitrogen functional groups attached to an aromatic ring is 2. The molecule has 0 spiro atoms. The average molecular weight is 390 g/mol. The van der Waals surface area contributed by atoms with E-state index in [1.807, 2.05) is 24.3 Å². The van der Waals surface area contributed by atoms with Crippen LogP contribution in [0.25, 0.3) is 0 Å². The largest absolute Gasteiger partial charge is 0.491 e. The fourth-order valence-corrected chi connectivity index (χ4v) is 2.30. The number of nitrogens with two attached hydrogens (primary N) is 2. The third-order valence-corrected chi connectivity index (χ3v) is 3.67. The summed E-state index contributed by atoms with van der Waals surface area (Å²) in [6.45, 7) is 6.12. The molecule has 0 saturated carbocycles. The lowest BCUT2D eigenvalue weighted by molar-refractivity contribution is 0.00945. The molecule has 0 radical (unpaired) electrons. The zero-order valence-electron chi connectivity index (χ0n) is 16.4. The maximum atomic E-state index is 5.89. The van der Waals surface area contributed by atoms with Crippen molar-refractivity contribution in [2.45, 2.75) is 13.3 Å². The van der Waals surface area contributed by atoms with Crippen LogP contribution in [0.4, 0.5) is 11.4 Å². The molecule has 0 heterocycles. The van der Waals surface area contributed by atoms with E-state index in [0.717, 1.165) is 18.8 Å². The minimum absolute atomic E-state index is 0.463. The molecule has 0 unspecified atom stereocenters. The van der Waals surface area contributed by atoms with Crippen molar-refractivity contribution in [3.05, 3.63) is 42.5 Å². The van der Waals surface area contributed by atoms with Gasteiger partial charge in [-0.1, -0.05) is 6.92 Å². The second-order valence-corrected chi connectivity index (χ2v) is 6.06. The molecule has 0 amide bonds. The Morgan fingerprint density at radius 3 is 1.86 bits per heavy atom. The smallest absolute Gasteiger partial charge is 0.150 e. The molecule has 0 aliphatic carbocycles. The fraction of sp³-hybridized carbons (Fsp3) is 0.429. The molecule has 0 saturated heterocycles. The number of benzene rings is 2. The lowest BCUT2D eigenvalue weighted by Gasteiger charge is -2.11. The Morgan fingerprint density at radius 1 is 0.679 bits per heavy atom. The van der Waals surface area contributed by atoms with Crippen LogP contribution >= 0.6 is 0 Å². The molecule has 4 N–H and O–H groups in total. The van der Waals surface area contributed by atoms with Crippen LogP contribution in [0.5, 0.6) is 17.2 Å². The maximum absolute atomic E-state index is 5.89. The summed E-state index contributed by atoms with van der Waals surface area (Å²) in [6.07, 6.45) is 1.02. The third-order valence-electron chi connectivity index (χ3n) is 3.67. The van der Waals surface area contributed by atoms with Gasteiger partial charge in [-0.3, -0.25) is 0 Å². The third kappa shape index (κ3) is 8.47. The SMILES string of the molecule is CCCOCCOCCOCCOc1ccc(Oc2ccc(N)cc2N)cc1. The quantitative estimate of drug-likeness (QED) is 0.376. The molecule has 154 valence electrons. The maximum Gasteiger partial charge on any atom is 0.150 e. The van der Waals surface area contributed by atoms with E-state index in [9.17, 15) is 0 Å².